The predicted octanol–water partition coefficient (Wildman–Crippen LogP) is 3.28. The zero-order valence-corrected chi connectivity index (χ0v) is 11.6. The summed E-state index contributed by atoms with van der Waals surface area (Å²) in [5.41, 5.74) is 0.0530. The van der Waals surface area contributed by atoms with E-state index in [1.165, 1.54) is 0 Å². The summed E-state index contributed by atoms with van der Waals surface area (Å²) in [7, 11) is 0. The van der Waals surface area contributed by atoms with Gasteiger partial charge in [0.2, 0.25) is 0 Å². The van der Waals surface area contributed by atoms with Crippen molar-refractivity contribution in [3.05, 3.63) is 33.1 Å². The fourth-order valence-electron chi connectivity index (χ4n) is 2.71. The van der Waals surface area contributed by atoms with Crippen molar-refractivity contribution < 1.29 is 14.1 Å². The van der Waals surface area contributed by atoms with Crippen LogP contribution in [0.3, 0.4) is 0 Å². The minimum atomic E-state index is -0.804. The fourth-order valence-corrected chi connectivity index (χ4v) is 2.93. The Morgan fingerprint density at radius 3 is 2.86 bits per heavy atom. The Morgan fingerprint density at radius 1 is 1.43 bits per heavy atom. The van der Waals surface area contributed by atoms with Gasteiger partial charge in [0, 0.05) is 12.1 Å². The lowest BCUT2D eigenvalue weighted by Gasteiger charge is -2.17. The Morgan fingerprint density at radius 2 is 2.19 bits per heavy atom. The molecule has 1 heterocycles. The number of amides is 1. The van der Waals surface area contributed by atoms with Crippen molar-refractivity contribution in [2.24, 2.45) is 11.0 Å². The molecule has 6 nitrogen and oxygen atoms in total. The van der Waals surface area contributed by atoms with Crippen LogP contribution in [0, 0.1) is 21.8 Å². The summed E-state index contributed by atoms with van der Waals surface area (Å²) in [6.07, 6.45) is 3.25. The van der Waals surface area contributed by atoms with Crippen molar-refractivity contribution >= 4 is 34.6 Å². The Labute approximate surface area is 124 Å². The number of hydrazone groups is 1. The van der Waals surface area contributed by atoms with Crippen LogP contribution in [0.4, 0.5) is 15.8 Å². The molecule has 0 bridgehead atoms. The molecule has 110 valence electrons. The standard InChI is InChI=1S/C13H11ClFN3O3/c14-8-5-9(15)12(6-11(8)18(20)21)17-13(19)7-3-1-2-4-10(7)16-17/h5-7H,1-4H2. The summed E-state index contributed by atoms with van der Waals surface area (Å²) in [5.74, 6) is -1.46. The van der Waals surface area contributed by atoms with Crippen LogP contribution in [0.2, 0.25) is 5.02 Å². The van der Waals surface area contributed by atoms with E-state index in [2.05, 4.69) is 5.10 Å². The SMILES string of the molecule is O=C1C2CCCCC2=NN1c1cc([N+](=O)[O-])c(Cl)cc1F. The van der Waals surface area contributed by atoms with Crippen LogP contribution in [0.1, 0.15) is 25.7 Å². The number of rotatable bonds is 2. The smallest absolute Gasteiger partial charge is 0.272 e. The molecule has 2 aliphatic rings. The molecule has 3 rings (SSSR count). The first-order valence-electron chi connectivity index (χ1n) is 6.54. The van der Waals surface area contributed by atoms with Gasteiger partial charge in [-0.3, -0.25) is 14.9 Å². The summed E-state index contributed by atoms with van der Waals surface area (Å²) in [6.45, 7) is 0. The second kappa shape index (κ2) is 5.07. The van der Waals surface area contributed by atoms with Gasteiger partial charge < -0.3 is 0 Å². The zero-order chi connectivity index (χ0) is 15.1. The summed E-state index contributed by atoms with van der Waals surface area (Å²) in [6, 6.07) is 1.79. The molecule has 1 atom stereocenters. The van der Waals surface area contributed by atoms with E-state index in [0.717, 1.165) is 35.7 Å². The van der Waals surface area contributed by atoms with Crippen molar-refractivity contribution in [3.63, 3.8) is 0 Å². The fraction of sp³-hybridized carbons (Fsp3) is 0.385. The highest BCUT2D eigenvalue weighted by atomic mass is 35.5. The molecule has 1 aliphatic carbocycles. The number of benzene rings is 1. The zero-order valence-electron chi connectivity index (χ0n) is 10.9. The van der Waals surface area contributed by atoms with Crippen molar-refractivity contribution in [2.45, 2.75) is 25.7 Å². The topological polar surface area (TPSA) is 75.8 Å². The van der Waals surface area contributed by atoms with Crippen LogP contribution in [0.5, 0.6) is 0 Å². The summed E-state index contributed by atoms with van der Waals surface area (Å²) < 4.78 is 14.0. The van der Waals surface area contributed by atoms with E-state index < -0.39 is 16.4 Å². The maximum atomic E-state index is 14.0. The quantitative estimate of drug-likeness (QED) is 0.621. The third-order valence-corrected chi connectivity index (χ3v) is 4.06. The van der Waals surface area contributed by atoms with Gasteiger partial charge in [-0.05, 0) is 19.3 Å². The molecule has 0 radical (unpaired) electrons. The first-order valence-corrected chi connectivity index (χ1v) is 6.91. The highest BCUT2D eigenvalue weighted by molar-refractivity contribution is 6.32. The molecule has 1 amide bonds. The van der Waals surface area contributed by atoms with Crippen LogP contribution >= 0.6 is 11.6 Å². The second-order valence-electron chi connectivity index (χ2n) is 5.05. The Bertz CT molecular complexity index is 677. The molecule has 1 saturated carbocycles. The number of nitro benzene ring substituents is 1. The van der Waals surface area contributed by atoms with Crippen molar-refractivity contribution in [1.29, 1.82) is 0 Å². The van der Waals surface area contributed by atoms with Gasteiger partial charge in [-0.15, -0.1) is 0 Å². The molecule has 1 unspecified atom stereocenters. The van der Waals surface area contributed by atoms with Gasteiger partial charge in [-0.1, -0.05) is 18.0 Å². The molecule has 21 heavy (non-hydrogen) atoms. The van der Waals surface area contributed by atoms with E-state index in [0.29, 0.717) is 12.8 Å². The summed E-state index contributed by atoms with van der Waals surface area (Å²) in [4.78, 5) is 22.5. The van der Waals surface area contributed by atoms with Crippen LogP contribution in [0.25, 0.3) is 0 Å². The first-order chi connectivity index (χ1) is 9.99. The third kappa shape index (κ3) is 2.27. The lowest BCUT2D eigenvalue weighted by atomic mass is 9.87. The summed E-state index contributed by atoms with van der Waals surface area (Å²) in [5, 5.41) is 15.7. The third-order valence-electron chi connectivity index (χ3n) is 3.75. The van der Waals surface area contributed by atoms with E-state index in [1.54, 1.807) is 0 Å². The summed E-state index contributed by atoms with van der Waals surface area (Å²) >= 11 is 5.64. The maximum Gasteiger partial charge on any atom is 0.290 e. The van der Waals surface area contributed by atoms with Crippen LogP contribution < -0.4 is 5.01 Å². The number of nitro groups is 1. The van der Waals surface area contributed by atoms with Gasteiger partial charge >= 0.3 is 0 Å². The van der Waals surface area contributed by atoms with E-state index in [-0.39, 0.29) is 22.5 Å². The molecular formula is C13H11ClFN3O3. The van der Waals surface area contributed by atoms with Gasteiger partial charge in [0.25, 0.3) is 11.6 Å². The van der Waals surface area contributed by atoms with E-state index >= 15 is 0 Å². The molecule has 8 heteroatoms. The van der Waals surface area contributed by atoms with Gasteiger partial charge in [0.1, 0.15) is 10.7 Å². The highest BCUT2D eigenvalue weighted by Gasteiger charge is 2.39. The van der Waals surface area contributed by atoms with Gasteiger partial charge in [-0.2, -0.15) is 10.1 Å². The lowest BCUT2D eigenvalue weighted by Crippen LogP contribution is -2.29. The van der Waals surface area contributed by atoms with Crippen molar-refractivity contribution in [2.75, 3.05) is 5.01 Å². The highest BCUT2D eigenvalue weighted by Crippen LogP contribution is 2.37. The maximum absolute atomic E-state index is 14.0. The average Bonchev–Trinajstić information content (AvgIpc) is 2.76. The normalized spacial score (nSPS) is 21.2. The number of carbonyl (C=O) groups excluding carboxylic acids is 1. The van der Waals surface area contributed by atoms with Crippen LogP contribution in [-0.2, 0) is 4.79 Å². The number of nitrogens with zero attached hydrogens (tertiary/aromatic N) is 3. The Balaban J connectivity index is 2.05. The molecule has 1 aromatic carbocycles. The first kappa shape index (κ1) is 13.9. The van der Waals surface area contributed by atoms with Crippen LogP contribution in [0.15, 0.2) is 17.2 Å². The minimum Gasteiger partial charge on any atom is -0.272 e. The molecule has 0 saturated heterocycles. The Kier molecular flexibility index (Phi) is 3.36. The van der Waals surface area contributed by atoms with Crippen molar-refractivity contribution in [3.8, 4) is 0 Å². The average molecular weight is 312 g/mol. The number of fused-ring (bicyclic) bond motifs is 1. The molecular weight excluding hydrogens is 301 g/mol. The van der Waals surface area contributed by atoms with Crippen LogP contribution in [-0.4, -0.2) is 16.5 Å². The molecule has 0 N–H and O–H groups in total. The van der Waals surface area contributed by atoms with Gasteiger partial charge in [0.15, 0.2) is 5.82 Å². The number of anilines is 1. The number of carbonyl (C=O) groups is 1. The molecule has 1 aliphatic heterocycles. The number of halogens is 2. The number of hydrogen-bond donors (Lipinski definition) is 0. The van der Waals surface area contributed by atoms with Gasteiger partial charge in [0.05, 0.1) is 16.6 Å². The monoisotopic (exact) mass is 311 g/mol. The second-order valence-corrected chi connectivity index (χ2v) is 5.46. The largest absolute Gasteiger partial charge is 0.290 e. The predicted molar refractivity (Wildman–Crippen MR) is 74.9 cm³/mol. The van der Waals surface area contributed by atoms with E-state index in [1.807, 2.05) is 0 Å². The van der Waals surface area contributed by atoms with Gasteiger partial charge in [-0.25, -0.2) is 4.39 Å². The van der Waals surface area contributed by atoms with Crippen molar-refractivity contribution in [1.82, 2.24) is 0 Å². The molecule has 0 spiro atoms. The molecule has 1 fully saturated rings. The van der Waals surface area contributed by atoms with E-state index in [4.69, 9.17) is 11.6 Å². The minimum absolute atomic E-state index is 0.224. The molecule has 1 aromatic rings. The number of hydrogen-bond acceptors (Lipinski definition) is 4. The molecule has 0 aromatic heterocycles. The van der Waals surface area contributed by atoms with E-state index in [9.17, 15) is 19.3 Å². The lowest BCUT2D eigenvalue weighted by molar-refractivity contribution is -0.384. The Hall–Kier alpha value is -2.02.